The molecule has 6 nitrogen and oxygen atoms in total. The Labute approximate surface area is 168 Å². The van der Waals surface area contributed by atoms with Gasteiger partial charge < -0.3 is 14.2 Å². The van der Waals surface area contributed by atoms with Crippen LogP contribution in [-0.2, 0) is 19.5 Å². The number of hydrogen-bond acceptors (Lipinski definition) is 7. The summed E-state index contributed by atoms with van der Waals surface area (Å²) >= 11 is 1.67. The zero-order valence-electron chi connectivity index (χ0n) is 16.3. The van der Waals surface area contributed by atoms with Crippen LogP contribution in [-0.4, -0.2) is 42.7 Å². The average molecular weight is 398 g/mol. The standard InChI is InChI=1S/C21H23N3O3S/c1-25-17-9-14(10-18(26-2)20(17)27-3)12-24-7-6-16-15(13-24)11-22-21(23-16)19-5-4-8-28-19/h4-5,8-11H,6-7,12-13H2,1-3H3. The van der Waals surface area contributed by atoms with Crippen molar-refractivity contribution in [1.29, 1.82) is 0 Å². The van der Waals surface area contributed by atoms with Crippen LogP contribution in [0.3, 0.4) is 0 Å². The number of rotatable bonds is 6. The van der Waals surface area contributed by atoms with Crippen molar-refractivity contribution in [1.82, 2.24) is 14.9 Å². The van der Waals surface area contributed by atoms with Crippen LogP contribution in [0.2, 0.25) is 0 Å². The molecule has 3 aromatic rings. The lowest BCUT2D eigenvalue weighted by Crippen LogP contribution is -2.31. The van der Waals surface area contributed by atoms with Gasteiger partial charge in [-0.3, -0.25) is 4.90 Å². The van der Waals surface area contributed by atoms with Gasteiger partial charge in [0.1, 0.15) is 0 Å². The van der Waals surface area contributed by atoms with E-state index < -0.39 is 0 Å². The van der Waals surface area contributed by atoms with Crippen molar-refractivity contribution in [2.45, 2.75) is 19.5 Å². The predicted molar refractivity (Wildman–Crippen MR) is 109 cm³/mol. The molecule has 3 heterocycles. The van der Waals surface area contributed by atoms with E-state index in [2.05, 4.69) is 21.3 Å². The van der Waals surface area contributed by atoms with Gasteiger partial charge in [-0.05, 0) is 29.1 Å². The van der Waals surface area contributed by atoms with Crippen LogP contribution >= 0.6 is 11.3 Å². The minimum Gasteiger partial charge on any atom is -0.493 e. The average Bonchev–Trinajstić information content (AvgIpc) is 3.27. The second-order valence-electron chi connectivity index (χ2n) is 6.64. The Balaban J connectivity index is 1.52. The third kappa shape index (κ3) is 3.68. The minimum atomic E-state index is 0.618. The van der Waals surface area contributed by atoms with Gasteiger partial charge in [-0.2, -0.15) is 0 Å². The largest absolute Gasteiger partial charge is 0.493 e. The van der Waals surface area contributed by atoms with Crippen molar-refractivity contribution < 1.29 is 14.2 Å². The van der Waals surface area contributed by atoms with Crippen LogP contribution in [0.5, 0.6) is 17.2 Å². The number of hydrogen-bond donors (Lipinski definition) is 0. The van der Waals surface area contributed by atoms with Crippen LogP contribution in [0.15, 0.2) is 35.8 Å². The predicted octanol–water partition coefficient (Wildman–Crippen LogP) is 3.79. The molecule has 4 rings (SSSR count). The molecule has 0 aliphatic carbocycles. The first-order valence-corrected chi connectivity index (χ1v) is 9.99. The highest BCUT2D eigenvalue weighted by Crippen LogP contribution is 2.38. The molecule has 0 saturated carbocycles. The maximum Gasteiger partial charge on any atom is 0.203 e. The molecule has 0 radical (unpaired) electrons. The summed E-state index contributed by atoms with van der Waals surface area (Å²) in [5.41, 5.74) is 3.47. The van der Waals surface area contributed by atoms with Gasteiger partial charge in [0, 0.05) is 37.8 Å². The summed E-state index contributed by atoms with van der Waals surface area (Å²) in [5, 5.41) is 2.05. The van der Waals surface area contributed by atoms with Gasteiger partial charge in [0.05, 0.1) is 31.9 Å². The van der Waals surface area contributed by atoms with E-state index in [0.717, 1.165) is 48.0 Å². The van der Waals surface area contributed by atoms with E-state index >= 15 is 0 Å². The third-order valence-corrected chi connectivity index (χ3v) is 5.75. The highest BCUT2D eigenvalue weighted by molar-refractivity contribution is 7.13. The highest BCUT2D eigenvalue weighted by Gasteiger charge is 2.21. The van der Waals surface area contributed by atoms with E-state index in [1.165, 1.54) is 5.56 Å². The molecule has 146 valence electrons. The van der Waals surface area contributed by atoms with E-state index in [-0.39, 0.29) is 0 Å². The van der Waals surface area contributed by atoms with Crippen molar-refractivity contribution in [3.63, 3.8) is 0 Å². The Morgan fingerprint density at radius 3 is 2.54 bits per heavy atom. The normalized spacial score (nSPS) is 13.8. The maximum absolute atomic E-state index is 5.47. The van der Waals surface area contributed by atoms with E-state index in [9.17, 15) is 0 Å². The summed E-state index contributed by atoms with van der Waals surface area (Å²) in [6, 6.07) is 8.11. The maximum atomic E-state index is 5.47. The van der Waals surface area contributed by atoms with Crippen LogP contribution in [0.1, 0.15) is 16.8 Å². The molecule has 0 amide bonds. The highest BCUT2D eigenvalue weighted by atomic mass is 32.1. The fourth-order valence-electron chi connectivity index (χ4n) is 3.52. The first-order chi connectivity index (χ1) is 13.7. The molecule has 2 aromatic heterocycles. The molecule has 0 fully saturated rings. The summed E-state index contributed by atoms with van der Waals surface area (Å²) < 4.78 is 16.4. The van der Waals surface area contributed by atoms with Crippen molar-refractivity contribution in [3.05, 3.63) is 52.7 Å². The molecule has 28 heavy (non-hydrogen) atoms. The van der Waals surface area contributed by atoms with Crippen molar-refractivity contribution in [2.24, 2.45) is 0 Å². The van der Waals surface area contributed by atoms with Crippen LogP contribution in [0, 0.1) is 0 Å². The van der Waals surface area contributed by atoms with E-state index in [1.54, 1.807) is 32.7 Å². The van der Waals surface area contributed by atoms with Gasteiger partial charge >= 0.3 is 0 Å². The molecule has 0 N–H and O–H groups in total. The van der Waals surface area contributed by atoms with Gasteiger partial charge in [0.15, 0.2) is 17.3 Å². The summed E-state index contributed by atoms with van der Waals surface area (Å²) in [5.74, 6) is 2.80. The van der Waals surface area contributed by atoms with Crippen molar-refractivity contribution in [3.8, 4) is 28.0 Å². The monoisotopic (exact) mass is 397 g/mol. The number of ether oxygens (including phenoxy) is 3. The molecular weight excluding hydrogens is 374 g/mol. The second-order valence-corrected chi connectivity index (χ2v) is 7.58. The van der Waals surface area contributed by atoms with Gasteiger partial charge in [-0.15, -0.1) is 11.3 Å². The number of aromatic nitrogens is 2. The lowest BCUT2D eigenvalue weighted by molar-refractivity contribution is 0.241. The molecule has 1 aliphatic heterocycles. The van der Waals surface area contributed by atoms with Gasteiger partial charge in [-0.25, -0.2) is 9.97 Å². The molecule has 0 spiro atoms. The molecular formula is C21H23N3O3S. The van der Waals surface area contributed by atoms with Gasteiger partial charge in [0.25, 0.3) is 0 Å². The molecule has 7 heteroatoms. The summed E-state index contributed by atoms with van der Waals surface area (Å²) in [4.78, 5) is 12.9. The summed E-state index contributed by atoms with van der Waals surface area (Å²) in [6.07, 6.45) is 2.89. The number of fused-ring (bicyclic) bond motifs is 1. The van der Waals surface area contributed by atoms with Gasteiger partial charge in [0.2, 0.25) is 5.75 Å². The molecule has 1 aromatic carbocycles. The van der Waals surface area contributed by atoms with E-state index in [1.807, 2.05) is 24.4 Å². The molecule has 0 saturated heterocycles. The van der Waals surface area contributed by atoms with Crippen LogP contribution < -0.4 is 14.2 Å². The first kappa shape index (κ1) is 18.7. The molecule has 1 aliphatic rings. The zero-order valence-corrected chi connectivity index (χ0v) is 17.1. The Morgan fingerprint density at radius 1 is 1.11 bits per heavy atom. The number of thiophene rings is 1. The van der Waals surface area contributed by atoms with Crippen molar-refractivity contribution in [2.75, 3.05) is 27.9 Å². The second kappa shape index (κ2) is 8.16. The Morgan fingerprint density at radius 2 is 1.89 bits per heavy atom. The summed E-state index contributed by atoms with van der Waals surface area (Å²) in [6.45, 7) is 2.57. The third-order valence-electron chi connectivity index (χ3n) is 4.89. The SMILES string of the molecule is COc1cc(CN2CCc3nc(-c4cccs4)ncc3C2)cc(OC)c1OC. The number of nitrogens with zero attached hydrogens (tertiary/aromatic N) is 3. The van der Waals surface area contributed by atoms with E-state index in [0.29, 0.717) is 17.2 Å². The van der Waals surface area contributed by atoms with Crippen LogP contribution in [0.4, 0.5) is 0 Å². The molecule has 0 atom stereocenters. The summed E-state index contributed by atoms with van der Waals surface area (Å²) in [7, 11) is 4.90. The smallest absolute Gasteiger partial charge is 0.203 e. The zero-order chi connectivity index (χ0) is 19.5. The Kier molecular flexibility index (Phi) is 5.45. The lowest BCUT2D eigenvalue weighted by Gasteiger charge is -2.28. The Hall–Kier alpha value is -2.64. The fraction of sp³-hybridized carbons (Fsp3) is 0.333. The Bertz CT molecular complexity index is 935. The first-order valence-electron chi connectivity index (χ1n) is 9.11. The number of benzene rings is 1. The topological polar surface area (TPSA) is 56.7 Å². The van der Waals surface area contributed by atoms with Gasteiger partial charge in [-0.1, -0.05) is 6.07 Å². The number of methoxy groups -OCH3 is 3. The fourth-order valence-corrected chi connectivity index (χ4v) is 4.18. The van der Waals surface area contributed by atoms with E-state index in [4.69, 9.17) is 19.2 Å². The quantitative estimate of drug-likeness (QED) is 0.631. The molecule has 0 unspecified atom stereocenters. The lowest BCUT2D eigenvalue weighted by atomic mass is 10.1. The molecule has 0 bridgehead atoms. The van der Waals surface area contributed by atoms with Crippen LogP contribution in [0.25, 0.3) is 10.7 Å². The minimum absolute atomic E-state index is 0.618. The van der Waals surface area contributed by atoms with Crippen molar-refractivity contribution >= 4 is 11.3 Å².